The van der Waals surface area contributed by atoms with Gasteiger partial charge in [-0.15, -0.1) is 11.3 Å². The highest BCUT2D eigenvalue weighted by atomic mass is 32.1. The van der Waals surface area contributed by atoms with Crippen molar-refractivity contribution in [2.24, 2.45) is 5.84 Å². The Morgan fingerprint density at radius 1 is 1.50 bits per heavy atom. The average Bonchev–Trinajstić information content (AvgIpc) is 2.75. The van der Waals surface area contributed by atoms with Crippen molar-refractivity contribution < 1.29 is 0 Å². The Morgan fingerprint density at radius 3 is 3.00 bits per heavy atom. The molecule has 2 atom stereocenters. The van der Waals surface area contributed by atoms with Gasteiger partial charge in [-0.25, -0.2) is 4.98 Å². The van der Waals surface area contributed by atoms with E-state index in [4.69, 9.17) is 5.84 Å². The number of thiazole rings is 1. The van der Waals surface area contributed by atoms with E-state index in [1.54, 1.807) is 11.3 Å². The van der Waals surface area contributed by atoms with Crippen LogP contribution in [0.2, 0.25) is 0 Å². The van der Waals surface area contributed by atoms with E-state index in [0.29, 0.717) is 5.92 Å². The Kier molecular flexibility index (Phi) is 3.16. The summed E-state index contributed by atoms with van der Waals surface area (Å²) in [6, 6.07) is 8.90. The molecule has 0 bridgehead atoms. The standard InChI is InChI=1S/C14H17N3S/c1-9-8-18-14(16-9)7-13(17-15)12-6-10-4-2-3-5-11(10)12/h2-5,8,12-13,17H,6-7,15H2,1H3. The highest BCUT2D eigenvalue weighted by Crippen LogP contribution is 2.38. The van der Waals surface area contributed by atoms with Gasteiger partial charge in [0.15, 0.2) is 0 Å². The molecule has 0 saturated carbocycles. The highest BCUT2D eigenvalue weighted by molar-refractivity contribution is 7.09. The molecular formula is C14H17N3S. The smallest absolute Gasteiger partial charge is 0.0944 e. The van der Waals surface area contributed by atoms with Crippen molar-refractivity contribution in [3.8, 4) is 0 Å². The Bertz CT molecular complexity index is 549. The Labute approximate surface area is 111 Å². The summed E-state index contributed by atoms with van der Waals surface area (Å²) < 4.78 is 0. The number of hydrazine groups is 1. The maximum Gasteiger partial charge on any atom is 0.0944 e. The molecule has 1 aliphatic rings. The van der Waals surface area contributed by atoms with E-state index in [9.17, 15) is 0 Å². The summed E-state index contributed by atoms with van der Waals surface area (Å²) in [7, 11) is 0. The molecule has 0 radical (unpaired) electrons. The number of aryl methyl sites for hydroxylation is 1. The van der Waals surface area contributed by atoms with Gasteiger partial charge >= 0.3 is 0 Å². The van der Waals surface area contributed by atoms with Crippen molar-refractivity contribution >= 4 is 11.3 Å². The van der Waals surface area contributed by atoms with Crippen LogP contribution in [-0.2, 0) is 12.8 Å². The van der Waals surface area contributed by atoms with Crippen LogP contribution in [0.5, 0.6) is 0 Å². The van der Waals surface area contributed by atoms with Gasteiger partial charge in [0.1, 0.15) is 0 Å². The largest absolute Gasteiger partial charge is 0.271 e. The lowest BCUT2D eigenvalue weighted by Crippen LogP contribution is -2.45. The second-order valence-corrected chi connectivity index (χ2v) is 5.81. The fourth-order valence-corrected chi connectivity index (χ4v) is 3.49. The zero-order valence-electron chi connectivity index (χ0n) is 10.4. The molecule has 2 aromatic rings. The summed E-state index contributed by atoms with van der Waals surface area (Å²) >= 11 is 1.72. The van der Waals surface area contributed by atoms with Crippen molar-refractivity contribution in [1.82, 2.24) is 10.4 Å². The summed E-state index contributed by atoms with van der Waals surface area (Å²) in [6.07, 6.45) is 2.03. The zero-order chi connectivity index (χ0) is 12.5. The van der Waals surface area contributed by atoms with Gasteiger partial charge in [0.2, 0.25) is 0 Å². The summed E-state index contributed by atoms with van der Waals surface area (Å²) in [4.78, 5) is 4.52. The first-order valence-electron chi connectivity index (χ1n) is 6.23. The maximum atomic E-state index is 5.72. The summed E-state index contributed by atoms with van der Waals surface area (Å²) in [5.41, 5.74) is 6.96. The van der Waals surface area contributed by atoms with Gasteiger partial charge < -0.3 is 0 Å². The number of rotatable bonds is 4. The van der Waals surface area contributed by atoms with E-state index < -0.39 is 0 Å². The van der Waals surface area contributed by atoms with Crippen molar-refractivity contribution in [2.45, 2.75) is 31.7 Å². The van der Waals surface area contributed by atoms with Crippen molar-refractivity contribution in [2.75, 3.05) is 0 Å². The molecule has 1 aliphatic carbocycles. The number of aromatic nitrogens is 1. The fraction of sp³-hybridized carbons (Fsp3) is 0.357. The summed E-state index contributed by atoms with van der Waals surface area (Å²) in [5.74, 6) is 6.25. The molecule has 2 unspecified atom stereocenters. The van der Waals surface area contributed by atoms with Crippen LogP contribution in [0, 0.1) is 6.92 Å². The molecule has 1 heterocycles. The van der Waals surface area contributed by atoms with Gasteiger partial charge in [0.05, 0.1) is 5.01 Å². The molecule has 1 aromatic carbocycles. The van der Waals surface area contributed by atoms with Crippen LogP contribution in [0.25, 0.3) is 0 Å². The van der Waals surface area contributed by atoms with E-state index in [0.717, 1.165) is 18.5 Å². The predicted octanol–water partition coefficient (Wildman–Crippen LogP) is 2.17. The van der Waals surface area contributed by atoms with Crippen molar-refractivity contribution in [3.05, 3.63) is 51.5 Å². The first-order valence-corrected chi connectivity index (χ1v) is 7.11. The minimum atomic E-state index is 0.283. The van der Waals surface area contributed by atoms with Crippen LogP contribution in [0.4, 0.5) is 0 Å². The molecular weight excluding hydrogens is 242 g/mol. The van der Waals surface area contributed by atoms with Crippen LogP contribution >= 0.6 is 11.3 Å². The zero-order valence-corrected chi connectivity index (χ0v) is 11.2. The number of benzene rings is 1. The first kappa shape index (κ1) is 11.8. The molecule has 0 fully saturated rings. The second kappa shape index (κ2) is 4.80. The Balaban J connectivity index is 1.75. The normalized spacial score (nSPS) is 19.1. The Morgan fingerprint density at radius 2 is 2.33 bits per heavy atom. The molecule has 0 saturated heterocycles. The van der Waals surface area contributed by atoms with E-state index in [-0.39, 0.29) is 6.04 Å². The number of hydrogen-bond acceptors (Lipinski definition) is 4. The third-order valence-corrected chi connectivity index (χ3v) is 4.64. The molecule has 0 aliphatic heterocycles. The fourth-order valence-electron chi connectivity index (χ4n) is 2.66. The maximum absolute atomic E-state index is 5.72. The average molecular weight is 259 g/mol. The summed E-state index contributed by atoms with van der Waals surface area (Å²) in [5, 5.41) is 3.26. The number of fused-ring (bicyclic) bond motifs is 1. The minimum Gasteiger partial charge on any atom is -0.271 e. The molecule has 94 valence electrons. The molecule has 4 heteroatoms. The lowest BCUT2D eigenvalue weighted by atomic mass is 9.73. The third kappa shape index (κ3) is 2.07. The van der Waals surface area contributed by atoms with Gasteiger partial charge in [0.25, 0.3) is 0 Å². The molecule has 18 heavy (non-hydrogen) atoms. The minimum absolute atomic E-state index is 0.283. The van der Waals surface area contributed by atoms with E-state index >= 15 is 0 Å². The van der Waals surface area contributed by atoms with Crippen LogP contribution in [0.3, 0.4) is 0 Å². The lowest BCUT2D eigenvalue weighted by molar-refractivity contribution is 0.403. The molecule has 3 rings (SSSR count). The van der Waals surface area contributed by atoms with Gasteiger partial charge in [-0.2, -0.15) is 0 Å². The monoisotopic (exact) mass is 259 g/mol. The van der Waals surface area contributed by atoms with Crippen LogP contribution in [0.15, 0.2) is 29.6 Å². The second-order valence-electron chi connectivity index (χ2n) is 4.87. The molecule has 3 nitrogen and oxygen atoms in total. The van der Waals surface area contributed by atoms with E-state index in [2.05, 4.69) is 40.1 Å². The molecule has 0 spiro atoms. The SMILES string of the molecule is Cc1csc(CC(NN)C2Cc3ccccc32)n1. The van der Waals surface area contributed by atoms with Crippen molar-refractivity contribution in [3.63, 3.8) is 0 Å². The third-order valence-electron chi connectivity index (χ3n) is 3.66. The van der Waals surface area contributed by atoms with Crippen LogP contribution in [-0.4, -0.2) is 11.0 Å². The quantitative estimate of drug-likeness (QED) is 0.653. The number of hydrogen-bond donors (Lipinski definition) is 2. The Hall–Kier alpha value is -1.23. The molecule has 0 amide bonds. The topological polar surface area (TPSA) is 50.9 Å². The van der Waals surface area contributed by atoms with Gasteiger partial charge in [-0.05, 0) is 24.5 Å². The first-order chi connectivity index (χ1) is 8.78. The van der Waals surface area contributed by atoms with E-state index in [1.807, 2.05) is 6.92 Å². The van der Waals surface area contributed by atoms with Gasteiger partial charge in [0, 0.05) is 29.5 Å². The molecule has 1 aromatic heterocycles. The van der Waals surface area contributed by atoms with Crippen LogP contribution < -0.4 is 11.3 Å². The summed E-state index contributed by atoms with van der Waals surface area (Å²) in [6.45, 7) is 2.03. The van der Waals surface area contributed by atoms with Gasteiger partial charge in [-0.3, -0.25) is 11.3 Å². The number of nitrogens with two attached hydrogens (primary N) is 1. The van der Waals surface area contributed by atoms with Crippen LogP contribution in [0.1, 0.15) is 27.7 Å². The highest BCUT2D eigenvalue weighted by Gasteiger charge is 2.32. The molecule has 3 N–H and O–H groups in total. The van der Waals surface area contributed by atoms with E-state index in [1.165, 1.54) is 16.1 Å². The lowest BCUT2D eigenvalue weighted by Gasteiger charge is -2.36. The predicted molar refractivity (Wildman–Crippen MR) is 74.6 cm³/mol. The number of nitrogens with one attached hydrogen (secondary N) is 1. The number of nitrogens with zero attached hydrogens (tertiary/aromatic N) is 1. The van der Waals surface area contributed by atoms with Crippen molar-refractivity contribution in [1.29, 1.82) is 0 Å². The van der Waals surface area contributed by atoms with Gasteiger partial charge in [-0.1, -0.05) is 24.3 Å².